The van der Waals surface area contributed by atoms with Gasteiger partial charge in [0.05, 0.1) is 5.56 Å². The number of hydrogen-bond donors (Lipinski definition) is 1. The number of benzene rings is 1. The summed E-state index contributed by atoms with van der Waals surface area (Å²) in [5.74, 6) is -1.21. The molecule has 4 heteroatoms. The molecular weight excluding hydrogens is 206 g/mol. The normalized spacial score (nSPS) is 10.8. The van der Waals surface area contributed by atoms with Gasteiger partial charge in [-0.2, -0.15) is 12.6 Å². The minimum atomic E-state index is -0.848. The second kappa shape index (κ2) is 4.91. The van der Waals surface area contributed by atoms with Crippen LogP contribution in [0, 0.1) is 11.6 Å². The summed E-state index contributed by atoms with van der Waals surface area (Å²) in [5, 5.41) is 0. The van der Waals surface area contributed by atoms with Crippen LogP contribution >= 0.6 is 12.6 Å². The van der Waals surface area contributed by atoms with E-state index < -0.39 is 17.2 Å². The van der Waals surface area contributed by atoms with Crippen LogP contribution in [0.4, 0.5) is 8.78 Å². The first-order valence-electron chi connectivity index (χ1n) is 3.90. The van der Waals surface area contributed by atoms with E-state index in [1.54, 1.807) is 6.08 Å². The van der Waals surface area contributed by atoms with Crippen molar-refractivity contribution in [2.45, 2.75) is 0 Å². The van der Waals surface area contributed by atoms with E-state index in [1.165, 1.54) is 6.08 Å². The number of aldehydes is 1. The van der Waals surface area contributed by atoms with Crippen LogP contribution in [0.25, 0.3) is 6.08 Å². The Morgan fingerprint density at radius 1 is 1.29 bits per heavy atom. The van der Waals surface area contributed by atoms with Crippen molar-refractivity contribution in [3.63, 3.8) is 0 Å². The molecule has 14 heavy (non-hydrogen) atoms. The summed E-state index contributed by atoms with van der Waals surface area (Å²) in [7, 11) is 0. The van der Waals surface area contributed by atoms with Crippen LogP contribution in [0.1, 0.15) is 15.9 Å². The number of carbonyl (C=O) groups excluding carboxylic acids is 1. The molecule has 0 N–H and O–H groups in total. The van der Waals surface area contributed by atoms with Gasteiger partial charge in [0.1, 0.15) is 11.6 Å². The SMILES string of the molecule is O=Cc1c(F)cc(C=CCS)cc1F. The van der Waals surface area contributed by atoms with Crippen LogP contribution in [0.3, 0.4) is 0 Å². The Bertz CT molecular complexity index is 351. The highest BCUT2D eigenvalue weighted by Gasteiger charge is 2.08. The highest BCUT2D eigenvalue weighted by Crippen LogP contribution is 2.14. The van der Waals surface area contributed by atoms with Crippen LogP contribution < -0.4 is 0 Å². The van der Waals surface area contributed by atoms with E-state index in [9.17, 15) is 13.6 Å². The van der Waals surface area contributed by atoms with Crippen LogP contribution in [0.15, 0.2) is 18.2 Å². The molecule has 1 rings (SSSR count). The Balaban J connectivity index is 3.13. The molecule has 0 aliphatic carbocycles. The number of thiol groups is 1. The minimum absolute atomic E-state index is 0.163. The third-order valence-corrected chi connectivity index (χ3v) is 1.85. The van der Waals surface area contributed by atoms with Gasteiger partial charge in [-0.05, 0) is 17.7 Å². The van der Waals surface area contributed by atoms with Crippen molar-refractivity contribution in [1.82, 2.24) is 0 Å². The topological polar surface area (TPSA) is 17.1 Å². The summed E-state index contributed by atoms with van der Waals surface area (Å²) in [6.07, 6.45) is 3.35. The molecule has 0 saturated heterocycles. The van der Waals surface area contributed by atoms with Gasteiger partial charge in [0, 0.05) is 5.75 Å². The second-order valence-corrected chi connectivity index (χ2v) is 2.97. The van der Waals surface area contributed by atoms with Crippen LogP contribution in [0.2, 0.25) is 0 Å². The van der Waals surface area contributed by atoms with E-state index in [0.717, 1.165) is 12.1 Å². The van der Waals surface area contributed by atoms with E-state index in [0.29, 0.717) is 11.3 Å². The quantitative estimate of drug-likeness (QED) is 0.604. The van der Waals surface area contributed by atoms with Gasteiger partial charge in [0.25, 0.3) is 0 Å². The molecule has 0 saturated carbocycles. The van der Waals surface area contributed by atoms with Crippen molar-refractivity contribution in [2.24, 2.45) is 0 Å². The molecule has 1 nitrogen and oxygen atoms in total. The molecule has 0 atom stereocenters. The molecular formula is C10H8F2OS. The third kappa shape index (κ3) is 2.42. The molecule has 0 aliphatic heterocycles. The summed E-state index contributed by atoms with van der Waals surface area (Å²) in [4.78, 5) is 10.3. The van der Waals surface area contributed by atoms with Crippen molar-refractivity contribution < 1.29 is 13.6 Å². The van der Waals surface area contributed by atoms with Crippen LogP contribution in [0.5, 0.6) is 0 Å². The second-order valence-electron chi connectivity index (χ2n) is 2.60. The first-order valence-corrected chi connectivity index (χ1v) is 4.54. The third-order valence-electron chi connectivity index (χ3n) is 1.63. The maximum absolute atomic E-state index is 13.0. The van der Waals surface area contributed by atoms with E-state index in [2.05, 4.69) is 12.6 Å². The molecule has 0 amide bonds. The van der Waals surface area contributed by atoms with Crippen molar-refractivity contribution in [3.8, 4) is 0 Å². The minimum Gasteiger partial charge on any atom is -0.298 e. The zero-order valence-corrected chi connectivity index (χ0v) is 8.10. The van der Waals surface area contributed by atoms with Crippen molar-refractivity contribution >= 4 is 25.0 Å². The lowest BCUT2D eigenvalue weighted by molar-refractivity contribution is 0.111. The highest BCUT2D eigenvalue weighted by molar-refractivity contribution is 7.80. The fourth-order valence-electron chi connectivity index (χ4n) is 1.00. The number of halogens is 2. The molecule has 0 radical (unpaired) electrons. The van der Waals surface area contributed by atoms with Crippen LogP contribution in [-0.2, 0) is 0 Å². The first-order chi connectivity index (χ1) is 6.69. The molecule has 0 bridgehead atoms. The Hall–Kier alpha value is -1.16. The summed E-state index contributed by atoms with van der Waals surface area (Å²) in [5.41, 5.74) is -0.160. The first kappa shape index (κ1) is 10.9. The van der Waals surface area contributed by atoms with Crippen molar-refractivity contribution in [3.05, 3.63) is 41.0 Å². The average Bonchev–Trinajstić information content (AvgIpc) is 2.14. The van der Waals surface area contributed by atoms with E-state index in [4.69, 9.17) is 0 Å². The average molecular weight is 214 g/mol. The van der Waals surface area contributed by atoms with Crippen molar-refractivity contribution in [1.29, 1.82) is 0 Å². The summed E-state index contributed by atoms with van der Waals surface area (Å²) in [6, 6.07) is 2.21. The van der Waals surface area contributed by atoms with Gasteiger partial charge in [-0.15, -0.1) is 0 Å². The zero-order chi connectivity index (χ0) is 10.6. The number of rotatable bonds is 3. The smallest absolute Gasteiger partial charge is 0.155 e. The Morgan fingerprint density at radius 3 is 2.29 bits per heavy atom. The van der Waals surface area contributed by atoms with Crippen molar-refractivity contribution in [2.75, 3.05) is 5.75 Å². The maximum atomic E-state index is 13.0. The van der Waals surface area contributed by atoms with Gasteiger partial charge in [-0.1, -0.05) is 12.2 Å². The predicted octanol–water partition coefficient (Wildman–Crippen LogP) is 2.72. The highest BCUT2D eigenvalue weighted by atomic mass is 32.1. The molecule has 0 fully saturated rings. The lowest BCUT2D eigenvalue weighted by Crippen LogP contribution is -1.94. The monoisotopic (exact) mass is 214 g/mol. The molecule has 0 aromatic heterocycles. The Kier molecular flexibility index (Phi) is 3.83. The molecule has 1 aromatic rings. The zero-order valence-electron chi connectivity index (χ0n) is 7.21. The molecule has 0 unspecified atom stereocenters. The van der Waals surface area contributed by atoms with E-state index in [-0.39, 0.29) is 6.29 Å². The largest absolute Gasteiger partial charge is 0.298 e. The van der Waals surface area contributed by atoms with Gasteiger partial charge in [-0.3, -0.25) is 4.79 Å². The lowest BCUT2D eigenvalue weighted by Gasteiger charge is -1.99. The molecule has 1 aromatic carbocycles. The fourth-order valence-corrected chi connectivity index (χ4v) is 1.11. The summed E-state index contributed by atoms with van der Waals surface area (Å²) < 4.78 is 26.0. The Morgan fingerprint density at radius 2 is 1.86 bits per heavy atom. The van der Waals surface area contributed by atoms with Gasteiger partial charge in [-0.25, -0.2) is 8.78 Å². The molecule has 0 spiro atoms. The standard InChI is InChI=1S/C10H8F2OS/c11-9-4-7(2-1-3-14)5-10(12)8(9)6-13/h1-2,4-6,14H,3H2. The molecule has 0 heterocycles. The van der Waals surface area contributed by atoms with Gasteiger partial charge in [0.2, 0.25) is 0 Å². The maximum Gasteiger partial charge on any atom is 0.155 e. The van der Waals surface area contributed by atoms with Crippen LogP contribution in [-0.4, -0.2) is 12.0 Å². The van der Waals surface area contributed by atoms with E-state index in [1.807, 2.05) is 0 Å². The number of hydrogen-bond acceptors (Lipinski definition) is 2. The van der Waals surface area contributed by atoms with Gasteiger partial charge in [0.15, 0.2) is 6.29 Å². The summed E-state index contributed by atoms with van der Waals surface area (Å²) >= 11 is 3.91. The predicted molar refractivity (Wildman–Crippen MR) is 54.6 cm³/mol. The fraction of sp³-hybridized carbons (Fsp3) is 0.100. The van der Waals surface area contributed by atoms with Gasteiger partial charge >= 0.3 is 0 Å². The molecule has 74 valence electrons. The van der Waals surface area contributed by atoms with Gasteiger partial charge < -0.3 is 0 Å². The molecule has 0 aliphatic rings. The van der Waals surface area contributed by atoms with E-state index >= 15 is 0 Å². The Labute approximate surface area is 85.8 Å². The lowest BCUT2D eigenvalue weighted by atomic mass is 10.1. The summed E-state index contributed by atoms with van der Waals surface area (Å²) in [6.45, 7) is 0. The number of carbonyl (C=O) groups is 1.